The van der Waals surface area contributed by atoms with Crippen LogP contribution in [0.15, 0.2) is 315 Å². The lowest BCUT2D eigenvalue weighted by atomic mass is 10.1. The number of hydrogen-bond acceptors (Lipinski definition) is 8. The second-order valence-corrected chi connectivity index (χ2v) is 22.5. The standard InChI is InChI=1S/C82H64N6O4/c1-89-71-38-42-79-75(53-71)76-54-72(90-2)39-43-80(76)87(79)69-49-65(83(57-24-11-5-12-25-57)58-26-13-6-14-27-58)47-67(51-69)85(61-32-19-9-20-33-61)63-36-23-37-64(46-63)86(62-34-21-10-22-35-62)68-48-66(84(59-28-15-7-16-29-59)60-30-17-8-18-31-60)50-70(52-68)88-81-44-40-73(91-3)55-77(81)78-56-74(92-4)41-45-82(78)88/h5-56H,1-4H3. The fraction of sp³-hybridized carbons (Fsp3) is 0.0488. The Morgan fingerprint density at radius 1 is 0.196 bits per heavy atom. The third-order valence-corrected chi connectivity index (χ3v) is 17.1. The van der Waals surface area contributed by atoms with Crippen molar-refractivity contribution < 1.29 is 18.9 Å². The van der Waals surface area contributed by atoms with E-state index < -0.39 is 0 Å². The van der Waals surface area contributed by atoms with Gasteiger partial charge in [-0.05, 0) is 200 Å². The minimum Gasteiger partial charge on any atom is -0.497 e. The molecule has 0 aliphatic rings. The predicted octanol–water partition coefficient (Wildman–Crippen LogP) is 21.8. The van der Waals surface area contributed by atoms with E-state index in [0.717, 1.165) is 146 Å². The molecule has 0 fully saturated rings. The summed E-state index contributed by atoms with van der Waals surface area (Å²) in [5.41, 5.74) is 17.7. The number of methoxy groups -OCH3 is 4. The van der Waals surface area contributed by atoms with Crippen LogP contribution < -0.4 is 38.5 Å². The van der Waals surface area contributed by atoms with Crippen LogP contribution >= 0.6 is 0 Å². The molecule has 0 atom stereocenters. The molecule has 0 amide bonds. The third kappa shape index (κ3) is 10.4. The molecule has 0 saturated heterocycles. The molecule has 15 aromatic rings. The van der Waals surface area contributed by atoms with Crippen LogP contribution in [-0.2, 0) is 0 Å². The Hall–Kier alpha value is -12.1. The van der Waals surface area contributed by atoms with Gasteiger partial charge in [-0.15, -0.1) is 0 Å². The van der Waals surface area contributed by atoms with E-state index in [2.05, 4.69) is 320 Å². The molecular formula is C82H64N6O4. The number of rotatable bonds is 18. The summed E-state index contributed by atoms with van der Waals surface area (Å²) < 4.78 is 28.2. The lowest BCUT2D eigenvalue weighted by Crippen LogP contribution is -2.16. The first-order chi connectivity index (χ1) is 45.4. The summed E-state index contributed by atoms with van der Waals surface area (Å²) in [7, 11) is 6.86. The summed E-state index contributed by atoms with van der Waals surface area (Å²) in [4.78, 5) is 9.44. The van der Waals surface area contributed by atoms with Crippen LogP contribution in [0, 0.1) is 0 Å². The minimum atomic E-state index is 0.772. The van der Waals surface area contributed by atoms with Crippen molar-refractivity contribution in [3.63, 3.8) is 0 Å². The summed E-state index contributed by atoms with van der Waals surface area (Å²) in [6, 6.07) is 112. The molecule has 0 bridgehead atoms. The number of benzene rings is 13. The number of hydrogen-bond donors (Lipinski definition) is 0. The van der Waals surface area contributed by atoms with Gasteiger partial charge in [-0.1, -0.05) is 115 Å². The van der Waals surface area contributed by atoms with Gasteiger partial charge in [0.25, 0.3) is 0 Å². The van der Waals surface area contributed by atoms with Gasteiger partial charge in [0.05, 0.1) is 84.6 Å². The molecular weight excluding hydrogens is 1130 g/mol. The molecule has 2 heterocycles. The van der Waals surface area contributed by atoms with Crippen LogP contribution in [0.4, 0.5) is 68.2 Å². The maximum absolute atomic E-state index is 5.88. The van der Waals surface area contributed by atoms with Crippen LogP contribution in [0.5, 0.6) is 23.0 Å². The fourth-order valence-electron chi connectivity index (χ4n) is 13.0. The Labute approximate surface area is 535 Å². The van der Waals surface area contributed by atoms with Crippen molar-refractivity contribution in [2.45, 2.75) is 0 Å². The van der Waals surface area contributed by atoms with E-state index in [0.29, 0.717) is 0 Å². The summed E-state index contributed by atoms with van der Waals surface area (Å²) in [5.74, 6) is 3.09. The van der Waals surface area contributed by atoms with Crippen LogP contribution in [0.2, 0.25) is 0 Å². The Morgan fingerprint density at radius 3 is 0.630 bits per heavy atom. The van der Waals surface area contributed by atoms with Crippen molar-refractivity contribution in [3.8, 4) is 34.4 Å². The Kier molecular flexibility index (Phi) is 15.0. The zero-order valence-electron chi connectivity index (χ0n) is 51.3. The van der Waals surface area contributed by atoms with Gasteiger partial charge in [-0.2, -0.15) is 0 Å². The summed E-state index contributed by atoms with van der Waals surface area (Å²) >= 11 is 0. The van der Waals surface area contributed by atoms with Gasteiger partial charge in [-0.25, -0.2) is 0 Å². The van der Waals surface area contributed by atoms with Gasteiger partial charge in [0.15, 0.2) is 0 Å². The van der Waals surface area contributed by atoms with E-state index >= 15 is 0 Å². The molecule has 0 saturated carbocycles. The second-order valence-electron chi connectivity index (χ2n) is 22.5. The van der Waals surface area contributed by atoms with E-state index in [4.69, 9.17) is 18.9 Å². The quantitative estimate of drug-likeness (QED) is 0.0842. The SMILES string of the molecule is COc1ccc2c(c1)c1cc(OC)ccc1n2-c1cc(N(c2ccccc2)c2ccccc2)cc(N(c2ccccc2)c2cccc(N(c3ccccc3)c3cc(N(c4ccccc4)c4ccccc4)cc(-n4c5ccc(OC)cc5c5cc(OC)ccc54)c3)c2)c1. The van der Waals surface area contributed by atoms with Gasteiger partial charge < -0.3 is 47.7 Å². The maximum atomic E-state index is 5.88. The van der Waals surface area contributed by atoms with Gasteiger partial charge in [0, 0.05) is 67.0 Å². The monoisotopic (exact) mass is 1200 g/mol. The smallest absolute Gasteiger partial charge is 0.119 e. The van der Waals surface area contributed by atoms with E-state index in [-0.39, 0.29) is 0 Å². The van der Waals surface area contributed by atoms with Crippen molar-refractivity contribution in [3.05, 3.63) is 315 Å². The van der Waals surface area contributed by atoms with E-state index in [1.54, 1.807) is 28.4 Å². The molecule has 13 aromatic carbocycles. The van der Waals surface area contributed by atoms with Crippen LogP contribution in [0.1, 0.15) is 0 Å². The van der Waals surface area contributed by atoms with Gasteiger partial charge in [0.2, 0.25) is 0 Å². The number of nitrogens with zero attached hydrogens (tertiary/aromatic N) is 6. The van der Waals surface area contributed by atoms with E-state index in [1.807, 2.05) is 24.3 Å². The van der Waals surface area contributed by atoms with Gasteiger partial charge >= 0.3 is 0 Å². The molecule has 10 nitrogen and oxygen atoms in total. The van der Waals surface area contributed by atoms with Crippen LogP contribution in [0.3, 0.4) is 0 Å². The second kappa shape index (κ2) is 24.4. The van der Waals surface area contributed by atoms with Crippen molar-refractivity contribution in [1.29, 1.82) is 0 Å². The third-order valence-electron chi connectivity index (χ3n) is 17.1. The van der Waals surface area contributed by atoms with Gasteiger partial charge in [0.1, 0.15) is 23.0 Å². The zero-order valence-corrected chi connectivity index (χ0v) is 51.3. The van der Waals surface area contributed by atoms with Crippen molar-refractivity contribution in [2.24, 2.45) is 0 Å². The van der Waals surface area contributed by atoms with Crippen LogP contribution in [-0.4, -0.2) is 37.6 Å². The number of fused-ring (bicyclic) bond motifs is 6. The van der Waals surface area contributed by atoms with Crippen molar-refractivity contribution in [1.82, 2.24) is 9.13 Å². The lowest BCUT2D eigenvalue weighted by Gasteiger charge is -2.32. The predicted molar refractivity (Wildman–Crippen MR) is 380 cm³/mol. The highest BCUT2D eigenvalue weighted by Gasteiger charge is 2.26. The summed E-state index contributed by atoms with van der Waals surface area (Å²) in [6.45, 7) is 0. The molecule has 2 aromatic heterocycles. The molecule has 0 N–H and O–H groups in total. The van der Waals surface area contributed by atoms with E-state index in [1.165, 1.54) is 0 Å². The summed E-state index contributed by atoms with van der Waals surface area (Å²) in [5, 5.41) is 4.18. The molecule has 92 heavy (non-hydrogen) atoms. The number of aromatic nitrogens is 2. The minimum absolute atomic E-state index is 0.772. The molecule has 0 aliphatic carbocycles. The fourth-order valence-corrected chi connectivity index (χ4v) is 13.0. The van der Waals surface area contributed by atoms with Crippen molar-refractivity contribution in [2.75, 3.05) is 48.0 Å². The normalized spacial score (nSPS) is 11.3. The van der Waals surface area contributed by atoms with Crippen molar-refractivity contribution >= 4 is 112 Å². The Morgan fingerprint density at radius 2 is 0.402 bits per heavy atom. The first-order valence-electron chi connectivity index (χ1n) is 30.7. The highest BCUT2D eigenvalue weighted by Crippen LogP contribution is 2.49. The number of ether oxygens (including phenoxy) is 4. The molecule has 0 unspecified atom stereocenters. The first-order valence-corrected chi connectivity index (χ1v) is 30.7. The van der Waals surface area contributed by atoms with Crippen LogP contribution in [0.25, 0.3) is 55.0 Å². The summed E-state index contributed by atoms with van der Waals surface area (Å²) in [6.07, 6.45) is 0. The molecule has 0 radical (unpaired) electrons. The highest BCUT2D eigenvalue weighted by atomic mass is 16.5. The lowest BCUT2D eigenvalue weighted by molar-refractivity contribution is 0.415. The zero-order chi connectivity index (χ0) is 62.1. The molecule has 15 rings (SSSR count). The molecule has 10 heteroatoms. The Balaban J connectivity index is 0.986. The number of anilines is 12. The average molecular weight is 1200 g/mol. The average Bonchev–Trinajstić information content (AvgIpc) is 1.55. The Bertz CT molecular complexity index is 4600. The highest BCUT2D eigenvalue weighted by molar-refractivity contribution is 6.12. The maximum Gasteiger partial charge on any atom is 0.119 e. The van der Waals surface area contributed by atoms with Gasteiger partial charge in [-0.3, -0.25) is 0 Å². The molecule has 446 valence electrons. The van der Waals surface area contributed by atoms with E-state index in [9.17, 15) is 0 Å². The first kappa shape index (κ1) is 56.4. The number of para-hydroxylation sites is 6. The largest absolute Gasteiger partial charge is 0.497 e. The molecule has 0 spiro atoms. The topological polar surface area (TPSA) is 59.7 Å². The molecule has 0 aliphatic heterocycles.